The predicted molar refractivity (Wildman–Crippen MR) is 59.3 cm³/mol. The summed E-state index contributed by atoms with van der Waals surface area (Å²) in [6, 6.07) is 1.81. The van der Waals surface area contributed by atoms with Crippen molar-refractivity contribution in [3.63, 3.8) is 0 Å². The number of nitrogens with zero attached hydrogens (tertiary/aromatic N) is 1. The maximum absolute atomic E-state index is 12.9. The molecule has 0 saturated carbocycles. The smallest absolute Gasteiger partial charge is 0.194 e. The van der Waals surface area contributed by atoms with Crippen LogP contribution in [-0.4, -0.2) is 17.0 Å². The van der Waals surface area contributed by atoms with Crippen LogP contribution in [0.1, 0.15) is 6.92 Å². The maximum Gasteiger partial charge on any atom is 0.194 e. The zero-order chi connectivity index (χ0) is 11.7. The quantitative estimate of drug-likeness (QED) is 0.770. The van der Waals surface area contributed by atoms with E-state index in [0.717, 1.165) is 12.1 Å². The standard InChI is InChI=1S/C10H9F3N2S/c1-5-4-14-10(16-5)15-6-2-7(11)9(13)8(12)3-6/h2-3,5H,4H2,1H3,(H,14,15). The predicted octanol–water partition coefficient (Wildman–Crippen LogP) is 3.01. The molecule has 86 valence electrons. The summed E-state index contributed by atoms with van der Waals surface area (Å²) in [5.41, 5.74) is 0.164. The highest BCUT2D eigenvalue weighted by molar-refractivity contribution is 8.15. The molecule has 0 aliphatic carbocycles. The lowest BCUT2D eigenvalue weighted by Crippen LogP contribution is -2.07. The summed E-state index contributed by atoms with van der Waals surface area (Å²) in [6.07, 6.45) is 0. The molecule has 0 saturated heterocycles. The molecule has 1 aromatic carbocycles. The number of hydrogen-bond acceptors (Lipinski definition) is 3. The van der Waals surface area contributed by atoms with Gasteiger partial charge in [-0.15, -0.1) is 0 Å². The van der Waals surface area contributed by atoms with Crippen LogP contribution in [0.25, 0.3) is 0 Å². The molecule has 2 rings (SSSR count). The molecule has 0 aromatic heterocycles. The van der Waals surface area contributed by atoms with E-state index < -0.39 is 17.5 Å². The van der Waals surface area contributed by atoms with Crippen LogP contribution >= 0.6 is 11.8 Å². The molecule has 16 heavy (non-hydrogen) atoms. The highest BCUT2D eigenvalue weighted by atomic mass is 32.2. The number of thioether (sulfide) groups is 1. The van der Waals surface area contributed by atoms with Gasteiger partial charge in [-0.2, -0.15) is 0 Å². The molecule has 2 nitrogen and oxygen atoms in total. The first kappa shape index (κ1) is 11.3. The molecule has 1 atom stereocenters. The van der Waals surface area contributed by atoms with Gasteiger partial charge < -0.3 is 5.32 Å². The highest BCUT2D eigenvalue weighted by Gasteiger charge is 2.16. The summed E-state index contributed by atoms with van der Waals surface area (Å²) in [5, 5.41) is 3.69. The van der Waals surface area contributed by atoms with Gasteiger partial charge in [0.1, 0.15) is 0 Å². The van der Waals surface area contributed by atoms with Gasteiger partial charge in [-0.05, 0) is 0 Å². The third-order valence-corrected chi connectivity index (χ3v) is 3.05. The zero-order valence-corrected chi connectivity index (χ0v) is 9.25. The number of hydrogen-bond donors (Lipinski definition) is 1. The fraction of sp³-hybridized carbons (Fsp3) is 0.300. The lowest BCUT2D eigenvalue weighted by atomic mass is 10.3. The molecule has 1 heterocycles. The Kier molecular flexibility index (Phi) is 3.09. The number of anilines is 1. The molecule has 0 spiro atoms. The average Bonchev–Trinajstić information content (AvgIpc) is 2.60. The SMILES string of the molecule is CC1CN=C(Nc2cc(F)c(F)c(F)c2)S1. The van der Waals surface area contributed by atoms with Crippen LogP contribution < -0.4 is 5.32 Å². The number of aliphatic imine (C=N–C) groups is 1. The minimum Gasteiger partial charge on any atom is -0.335 e. The molecule has 1 aliphatic rings. The van der Waals surface area contributed by atoms with Crippen LogP contribution in [-0.2, 0) is 0 Å². The summed E-state index contributed by atoms with van der Waals surface area (Å²) >= 11 is 1.48. The van der Waals surface area contributed by atoms with Crippen molar-refractivity contribution >= 4 is 22.6 Å². The third-order valence-electron chi connectivity index (χ3n) is 2.04. The van der Waals surface area contributed by atoms with E-state index in [1.54, 1.807) is 0 Å². The summed E-state index contributed by atoms with van der Waals surface area (Å²) in [6.45, 7) is 2.66. The Bertz CT molecular complexity index is 425. The monoisotopic (exact) mass is 246 g/mol. The van der Waals surface area contributed by atoms with Crippen LogP contribution in [0.3, 0.4) is 0 Å². The van der Waals surface area contributed by atoms with Gasteiger partial charge in [0.15, 0.2) is 22.6 Å². The van der Waals surface area contributed by atoms with E-state index in [1.807, 2.05) is 6.92 Å². The van der Waals surface area contributed by atoms with Crippen molar-refractivity contribution < 1.29 is 13.2 Å². The van der Waals surface area contributed by atoms with E-state index >= 15 is 0 Å². The largest absolute Gasteiger partial charge is 0.335 e. The number of rotatable bonds is 1. The molecule has 1 aromatic rings. The highest BCUT2D eigenvalue weighted by Crippen LogP contribution is 2.23. The Morgan fingerprint density at radius 2 is 1.94 bits per heavy atom. The second-order valence-electron chi connectivity index (χ2n) is 3.45. The van der Waals surface area contributed by atoms with E-state index in [9.17, 15) is 13.2 Å². The summed E-state index contributed by atoms with van der Waals surface area (Å²) in [4.78, 5) is 4.12. The van der Waals surface area contributed by atoms with E-state index in [1.165, 1.54) is 11.8 Å². The lowest BCUT2D eigenvalue weighted by Gasteiger charge is -2.06. The third kappa shape index (κ3) is 2.32. The van der Waals surface area contributed by atoms with Crippen molar-refractivity contribution in [1.29, 1.82) is 0 Å². The second-order valence-corrected chi connectivity index (χ2v) is 4.88. The van der Waals surface area contributed by atoms with Crippen molar-refractivity contribution in [2.45, 2.75) is 12.2 Å². The van der Waals surface area contributed by atoms with Crippen LogP contribution in [0.4, 0.5) is 18.9 Å². The Labute approximate surface area is 95.0 Å². The summed E-state index contributed by atoms with van der Waals surface area (Å²) in [5.74, 6) is -3.88. The van der Waals surface area contributed by atoms with E-state index in [4.69, 9.17) is 0 Å². The first-order valence-electron chi connectivity index (χ1n) is 4.69. The van der Waals surface area contributed by atoms with Gasteiger partial charge in [0.25, 0.3) is 0 Å². The second kappa shape index (κ2) is 4.37. The minimum absolute atomic E-state index is 0.164. The number of benzene rings is 1. The Balaban J connectivity index is 2.16. The first-order chi connectivity index (χ1) is 7.56. The van der Waals surface area contributed by atoms with E-state index in [2.05, 4.69) is 10.3 Å². The van der Waals surface area contributed by atoms with Crippen LogP contribution in [0, 0.1) is 17.5 Å². The van der Waals surface area contributed by atoms with Gasteiger partial charge in [0, 0.05) is 23.1 Å². The number of nitrogens with one attached hydrogen (secondary N) is 1. The van der Waals surface area contributed by atoms with Crippen molar-refractivity contribution in [2.75, 3.05) is 11.9 Å². The maximum atomic E-state index is 12.9. The first-order valence-corrected chi connectivity index (χ1v) is 5.57. The molecule has 0 amide bonds. The molecule has 1 N–H and O–H groups in total. The molecule has 1 unspecified atom stereocenters. The molecular formula is C10H9F3N2S. The van der Waals surface area contributed by atoms with E-state index in [0.29, 0.717) is 17.0 Å². The minimum atomic E-state index is -1.46. The van der Waals surface area contributed by atoms with Gasteiger partial charge in [0.2, 0.25) is 0 Å². The zero-order valence-electron chi connectivity index (χ0n) is 8.43. The fourth-order valence-corrected chi connectivity index (χ4v) is 2.15. The van der Waals surface area contributed by atoms with Gasteiger partial charge in [0.05, 0.1) is 6.54 Å². The lowest BCUT2D eigenvalue weighted by molar-refractivity contribution is 0.448. The fourth-order valence-electron chi connectivity index (χ4n) is 1.30. The van der Waals surface area contributed by atoms with Crippen molar-refractivity contribution in [3.8, 4) is 0 Å². The molecule has 0 fully saturated rings. The van der Waals surface area contributed by atoms with Crippen LogP contribution in [0.5, 0.6) is 0 Å². The summed E-state index contributed by atoms with van der Waals surface area (Å²) < 4.78 is 38.5. The number of halogens is 3. The van der Waals surface area contributed by atoms with Crippen molar-refractivity contribution in [1.82, 2.24) is 0 Å². The van der Waals surface area contributed by atoms with Gasteiger partial charge >= 0.3 is 0 Å². The van der Waals surface area contributed by atoms with Gasteiger partial charge in [-0.1, -0.05) is 18.7 Å². The van der Waals surface area contributed by atoms with E-state index in [-0.39, 0.29) is 5.69 Å². The van der Waals surface area contributed by atoms with Gasteiger partial charge in [-0.25, -0.2) is 13.2 Å². The molecule has 0 bridgehead atoms. The molecule has 0 radical (unpaired) electrons. The van der Waals surface area contributed by atoms with Crippen LogP contribution in [0.2, 0.25) is 0 Å². The molecule has 6 heteroatoms. The average molecular weight is 246 g/mol. The Hall–Kier alpha value is -1.17. The Morgan fingerprint density at radius 3 is 2.44 bits per heavy atom. The van der Waals surface area contributed by atoms with Crippen LogP contribution in [0.15, 0.2) is 17.1 Å². The summed E-state index contributed by atoms with van der Waals surface area (Å²) in [7, 11) is 0. The topological polar surface area (TPSA) is 24.4 Å². The van der Waals surface area contributed by atoms with Crippen molar-refractivity contribution in [3.05, 3.63) is 29.6 Å². The molecular weight excluding hydrogens is 237 g/mol. The Morgan fingerprint density at radius 1 is 1.31 bits per heavy atom. The number of amidine groups is 1. The normalized spacial score (nSPS) is 19.8. The molecule has 1 aliphatic heterocycles. The van der Waals surface area contributed by atoms with Gasteiger partial charge in [-0.3, -0.25) is 4.99 Å². The van der Waals surface area contributed by atoms with Crippen molar-refractivity contribution in [2.24, 2.45) is 4.99 Å².